The number of aromatic nitrogens is 1. The lowest BCUT2D eigenvalue weighted by molar-refractivity contribution is -0.242. The fraction of sp³-hybridized carbons (Fsp3) is 0.231. The maximum atomic E-state index is 13.3. The van der Waals surface area contributed by atoms with Crippen LogP contribution in [0.3, 0.4) is 0 Å². The van der Waals surface area contributed by atoms with Crippen molar-refractivity contribution in [3.63, 3.8) is 0 Å². The lowest BCUT2D eigenvalue weighted by Crippen LogP contribution is -2.29. The number of Topliss-reactive ketones (excluding diaryl/α,β-unsaturated/α-hetero) is 1. The van der Waals surface area contributed by atoms with Gasteiger partial charge in [-0.15, -0.1) is 0 Å². The average molecular weight is 498 g/mol. The fourth-order valence-corrected chi connectivity index (χ4v) is 3.73. The molecule has 36 heavy (non-hydrogen) atoms. The Morgan fingerprint density at radius 1 is 0.944 bits per heavy atom. The van der Waals surface area contributed by atoms with Gasteiger partial charge in [0.25, 0.3) is 0 Å². The topological polar surface area (TPSA) is 111 Å². The Hall–Kier alpha value is -4.21. The summed E-state index contributed by atoms with van der Waals surface area (Å²) in [6.45, 7) is 4.99. The number of halogens is 3. The summed E-state index contributed by atoms with van der Waals surface area (Å²) in [5, 5.41) is 15.0. The molecule has 0 aliphatic heterocycles. The van der Waals surface area contributed by atoms with Gasteiger partial charge in [-0.25, -0.2) is 0 Å². The molecule has 0 atom stereocenters. The van der Waals surface area contributed by atoms with Crippen molar-refractivity contribution in [2.45, 2.75) is 39.8 Å². The molecule has 0 aliphatic carbocycles. The third-order valence-corrected chi connectivity index (χ3v) is 5.39. The van der Waals surface area contributed by atoms with Gasteiger partial charge in [-0.1, -0.05) is 25.1 Å². The molecule has 2 N–H and O–H groups in total. The van der Waals surface area contributed by atoms with E-state index in [0.717, 1.165) is 41.9 Å². The number of rotatable bonds is 7. The number of hydrogen-bond acceptors (Lipinski definition) is 5. The zero-order valence-corrected chi connectivity index (χ0v) is 19.7. The van der Waals surface area contributed by atoms with Gasteiger partial charge in [-0.2, -0.15) is 13.2 Å². The van der Waals surface area contributed by atoms with Gasteiger partial charge < -0.3 is 20.5 Å². The van der Waals surface area contributed by atoms with Gasteiger partial charge in [0.05, 0.1) is 23.4 Å². The highest BCUT2D eigenvalue weighted by molar-refractivity contribution is 6.12. The molecule has 0 aliphatic rings. The number of nitrogens with zero attached hydrogens (tertiary/aromatic N) is 1. The van der Waals surface area contributed by atoms with E-state index in [-0.39, 0.29) is 16.8 Å². The van der Waals surface area contributed by atoms with Crippen molar-refractivity contribution in [2.75, 3.05) is 10.6 Å². The number of ketones is 1. The van der Waals surface area contributed by atoms with Crippen molar-refractivity contribution in [3.8, 4) is 11.1 Å². The van der Waals surface area contributed by atoms with E-state index >= 15 is 0 Å². The molecule has 0 bridgehead atoms. The molecule has 0 fully saturated rings. The van der Waals surface area contributed by atoms with Crippen LogP contribution in [-0.4, -0.2) is 22.8 Å². The molecule has 0 unspecified atom stereocenters. The van der Waals surface area contributed by atoms with E-state index in [0.29, 0.717) is 6.07 Å². The Morgan fingerprint density at radius 3 is 2.28 bits per heavy atom. The van der Waals surface area contributed by atoms with Gasteiger partial charge in [-0.05, 0) is 67.3 Å². The van der Waals surface area contributed by atoms with Crippen molar-refractivity contribution in [1.82, 2.24) is 4.98 Å². The van der Waals surface area contributed by atoms with Crippen molar-refractivity contribution in [1.29, 1.82) is 0 Å². The third-order valence-electron chi connectivity index (χ3n) is 5.39. The Bertz CT molecular complexity index is 1340. The summed E-state index contributed by atoms with van der Waals surface area (Å²) < 4.78 is 40.0. The van der Waals surface area contributed by atoms with E-state index in [1.165, 1.54) is 6.07 Å². The number of anilines is 2. The summed E-state index contributed by atoms with van der Waals surface area (Å²) in [5.74, 6) is -1.47. The Kier molecular flexibility index (Phi) is 7.77. The van der Waals surface area contributed by atoms with Crippen LogP contribution in [0.1, 0.15) is 46.2 Å². The number of alkyl halides is 3. The maximum absolute atomic E-state index is 13.3. The second-order valence-electron chi connectivity index (χ2n) is 8.19. The molecular weight excluding hydrogens is 475 g/mol. The number of carboxylic acid groups (broad SMARTS) is 1. The molecule has 3 aromatic rings. The first-order valence-electron chi connectivity index (χ1n) is 11.0. The molecule has 3 rings (SSSR count). The molecule has 1 heterocycles. The number of pyridine rings is 1. The molecule has 1 aromatic heterocycles. The summed E-state index contributed by atoms with van der Waals surface area (Å²) in [6.07, 6.45) is -6.44. The smallest absolute Gasteiger partial charge is 0.416 e. The van der Waals surface area contributed by atoms with E-state index in [4.69, 9.17) is 0 Å². The Balaban J connectivity index is 1.83. The molecule has 10 heteroatoms. The van der Waals surface area contributed by atoms with Crippen molar-refractivity contribution >= 4 is 29.2 Å². The molecular formula is C26H23F3N3O4-. The van der Waals surface area contributed by atoms with Crippen LogP contribution >= 0.6 is 0 Å². The molecule has 2 amide bonds. The average Bonchev–Trinajstić information content (AvgIpc) is 2.79. The first-order valence-corrected chi connectivity index (χ1v) is 11.0. The number of carbonyl (C=O) groups is 3. The van der Waals surface area contributed by atoms with E-state index in [2.05, 4.69) is 10.3 Å². The van der Waals surface area contributed by atoms with Crippen molar-refractivity contribution < 1.29 is 32.7 Å². The van der Waals surface area contributed by atoms with Crippen LogP contribution in [0.15, 0.2) is 48.5 Å². The predicted molar refractivity (Wildman–Crippen MR) is 127 cm³/mol. The van der Waals surface area contributed by atoms with Crippen LogP contribution in [0, 0.1) is 13.8 Å². The second-order valence-corrected chi connectivity index (χ2v) is 8.19. The van der Waals surface area contributed by atoms with Crippen LogP contribution in [0.25, 0.3) is 11.1 Å². The predicted octanol–water partition coefficient (Wildman–Crippen LogP) is 4.91. The summed E-state index contributed by atoms with van der Waals surface area (Å²) in [4.78, 5) is 40.7. The quantitative estimate of drug-likeness (QED) is 0.355. The van der Waals surface area contributed by atoms with Gasteiger partial charge in [0.1, 0.15) is 6.09 Å². The third kappa shape index (κ3) is 6.47. The minimum atomic E-state index is -4.73. The van der Waals surface area contributed by atoms with Gasteiger partial charge >= 0.3 is 6.18 Å². The lowest BCUT2D eigenvalue weighted by atomic mass is 9.99. The Morgan fingerprint density at radius 2 is 1.64 bits per heavy atom. The minimum absolute atomic E-state index is 0.239. The zero-order valence-electron chi connectivity index (χ0n) is 19.7. The molecule has 0 spiro atoms. The van der Waals surface area contributed by atoms with Gasteiger partial charge in [0.15, 0.2) is 5.78 Å². The number of amides is 2. The van der Waals surface area contributed by atoms with Crippen LogP contribution in [0.5, 0.6) is 0 Å². The first kappa shape index (κ1) is 26.4. The second kappa shape index (κ2) is 10.6. The van der Waals surface area contributed by atoms with Crippen LogP contribution in [-0.2, 0) is 17.4 Å². The zero-order chi connectivity index (χ0) is 26.6. The van der Waals surface area contributed by atoms with Gasteiger partial charge in [0.2, 0.25) is 5.91 Å². The summed E-state index contributed by atoms with van der Waals surface area (Å²) in [6, 6.07) is 12.0. The number of carbonyl (C=O) groups excluding carboxylic acids is 3. The molecule has 0 saturated carbocycles. The van der Waals surface area contributed by atoms with E-state index in [1.54, 1.807) is 12.1 Å². The summed E-state index contributed by atoms with van der Waals surface area (Å²) >= 11 is 0. The highest BCUT2D eigenvalue weighted by atomic mass is 19.4. The summed E-state index contributed by atoms with van der Waals surface area (Å²) in [5.41, 5.74) is 1.49. The number of benzene rings is 2. The Labute approximate surface area is 205 Å². The molecule has 2 aromatic carbocycles. The van der Waals surface area contributed by atoms with Crippen molar-refractivity contribution in [3.05, 3.63) is 76.6 Å². The maximum Gasteiger partial charge on any atom is 0.416 e. The van der Waals surface area contributed by atoms with Crippen LogP contribution < -0.4 is 15.7 Å². The summed E-state index contributed by atoms with van der Waals surface area (Å²) in [7, 11) is 0. The van der Waals surface area contributed by atoms with Crippen molar-refractivity contribution in [2.24, 2.45) is 0 Å². The normalized spacial score (nSPS) is 11.2. The number of nitrogens with one attached hydrogen (secondary N) is 2. The van der Waals surface area contributed by atoms with Crippen LogP contribution in [0.4, 0.5) is 29.3 Å². The van der Waals surface area contributed by atoms with Gasteiger partial charge in [-0.3, -0.25) is 14.6 Å². The lowest BCUT2D eigenvalue weighted by Gasteiger charge is -2.18. The van der Waals surface area contributed by atoms with E-state index in [1.807, 2.05) is 37.4 Å². The SMILES string of the molecule is CCc1cc(-c2cccc(C(=O)CC(=O)Nc3cc(C(F)(F)F)c(C)cc3NC(=O)[O-])c2)cc(C)n1. The largest absolute Gasteiger partial charge is 0.530 e. The molecule has 0 radical (unpaired) electrons. The first-order chi connectivity index (χ1) is 16.9. The molecule has 0 saturated heterocycles. The molecule has 188 valence electrons. The van der Waals surface area contributed by atoms with Crippen LogP contribution in [0.2, 0.25) is 0 Å². The minimum Gasteiger partial charge on any atom is -0.530 e. The monoisotopic (exact) mass is 498 g/mol. The highest BCUT2D eigenvalue weighted by Gasteiger charge is 2.33. The number of aryl methyl sites for hydroxylation is 3. The molecule has 7 nitrogen and oxygen atoms in total. The standard InChI is InChI=1S/C26H24F3N3O4/c1-4-19-11-18(9-15(3)30-19)16-6-5-7-17(10-16)23(33)13-24(34)31-22-12-20(26(27,28)29)14(2)8-21(22)32-25(35)36/h5-12,32H,4,13H2,1-3H3,(H,31,34)(H,35,36)/p-1. The van der Waals surface area contributed by atoms with E-state index in [9.17, 15) is 32.7 Å². The number of hydrogen-bond donors (Lipinski definition) is 2. The van der Waals surface area contributed by atoms with Gasteiger partial charge in [0, 0.05) is 17.0 Å². The highest BCUT2D eigenvalue weighted by Crippen LogP contribution is 2.37. The van der Waals surface area contributed by atoms with E-state index < -0.39 is 41.6 Å². The fourth-order valence-electron chi connectivity index (χ4n) is 3.73.